The summed E-state index contributed by atoms with van der Waals surface area (Å²) in [5, 5.41) is 0. The van der Waals surface area contributed by atoms with Crippen molar-refractivity contribution in [3.05, 3.63) is 71.8 Å². The van der Waals surface area contributed by atoms with E-state index in [1.807, 2.05) is 45.9 Å². The lowest BCUT2D eigenvalue weighted by atomic mass is 10.0. The van der Waals surface area contributed by atoms with E-state index in [0.29, 0.717) is 19.0 Å². The van der Waals surface area contributed by atoms with E-state index in [1.54, 1.807) is 6.08 Å². The molecule has 1 unspecified atom stereocenters. The maximum atomic E-state index is 5.84. The zero-order valence-corrected chi connectivity index (χ0v) is 15.5. The zero-order valence-electron chi connectivity index (χ0n) is 14.3. The van der Waals surface area contributed by atoms with Gasteiger partial charge in [-0.15, -0.1) is 9.24 Å². The lowest BCUT2D eigenvalue weighted by molar-refractivity contribution is 0.219. The van der Waals surface area contributed by atoms with Crippen LogP contribution >= 0.6 is 9.24 Å². The van der Waals surface area contributed by atoms with Crippen molar-refractivity contribution in [2.45, 2.75) is 27.7 Å². The normalized spacial score (nSPS) is 12.7. The van der Waals surface area contributed by atoms with Gasteiger partial charge in [0.2, 0.25) is 0 Å². The molecule has 22 heavy (non-hydrogen) atoms. The van der Waals surface area contributed by atoms with Crippen LogP contribution in [0.25, 0.3) is 0 Å². The van der Waals surface area contributed by atoms with E-state index < -0.39 is 0 Å². The molecular formula is C19H29O2P. The molecule has 0 aromatic heterocycles. The fourth-order valence-electron chi connectivity index (χ4n) is 1.83. The van der Waals surface area contributed by atoms with Gasteiger partial charge in [0.25, 0.3) is 0 Å². The summed E-state index contributed by atoms with van der Waals surface area (Å²) in [5.41, 5.74) is 2.98. The minimum absolute atomic E-state index is 0.561. The van der Waals surface area contributed by atoms with E-state index in [-0.39, 0.29) is 0 Å². The Hall–Kier alpha value is -1.53. The molecule has 0 aliphatic rings. The number of hydrogen-bond acceptors (Lipinski definition) is 2. The van der Waals surface area contributed by atoms with Crippen LogP contribution < -0.4 is 0 Å². The van der Waals surface area contributed by atoms with Crippen LogP contribution in [0.5, 0.6) is 0 Å². The first-order chi connectivity index (χ1) is 10.5. The molecular weight excluding hydrogens is 291 g/mol. The van der Waals surface area contributed by atoms with Gasteiger partial charge in [-0.2, -0.15) is 0 Å². The van der Waals surface area contributed by atoms with Crippen LogP contribution in [0.3, 0.4) is 0 Å². The molecule has 1 atom stereocenters. The summed E-state index contributed by atoms with van der Waals surface area (Å²) in [4.78, 5) is 0. The van der Waals surface area contributed by atoms with Crippen LogP contribution in [0.1, 0.15) is 27.7 Å². The fourth-order valence-corrected chi connectivity index (χ4v) is 1.97. The van der Waals surface area contributed by atoms with Gasteiger partial charge < -0.3 is 9.47 Å². The molecule has 0 bridgehead atoms. The first-order valence-electron chi connectivity index (χ1n) is 7.55. The van der Waals surface area contributed by atoms with Gasteiger partial charge in [-0.25, -0.2) is 0 Å². The van der Waals surface area contributed by atoms with E-state index in [1.165, 1.54) is 0 Å². The van der Waals surface area contributed by atoms with E-state index in [9.17, 15) is 0 Å². The Labute approximate surface area is 138 Å². The highest BCUT2D eigenvalue weighted by atomic mass is 31.0. The first kappa shape index (κ1) is 20.5. The van der Waals surface area contributed by atoms with Gasteiger partial charge in [-0.05, 0) is 45.5 Å². The second-order valence-electron chi connectivity index (χ2n) is 4.75. The highest BCUT2D eigenvalue weighted by molar-refractivity contribution is 7.16. The summed E-state index contributed by atoms with van der Waals surface area (Å²) in [7, 11) is 2.68. The minimum Gasteiger partial charge on any atom is -0.494 e. The number of allylic oxidation sites excluding steroid dienone is 7. The molecule has 0 fully saturated rings. The van der Waals surface area contributed by atoms with Gasteiger partial charge in [0.05, 0.1) is 18.8 Å². The third kappa shape index (κ3) is 7.47. The summed E-state index contributed by atoms with van der Waals surface area (Å²) >= 11 is 0. The number of hydrogen-bond donors (Lipinski definition) is 0. The van der Waals surface area contributed by atoms with Gasteiger partial charge in [-0.3, -0.25) is 0 Å². The molecule has 0 N–H and O–H groups in total. The Morgan fingerprint density at radius 1 is 1.14 bits per heavy atom. The maximum absolute atomic E-state index is 5.84. The molecule has 122 valence electrons. The molecule has 0 aliphatic carbocycles. The average molecular weight is 320 g/mol. The Kier molecular flexibility index (Phi) is 11.2. The van der Waals surface area contributed by atoms with Crippen molar-refractivity contribution in [3.8, 4) is 0 Å². The smallest absolute Gasteiger partial charge is 0.130 e. The van der Waals surface area contributed by atoms with E-state index in [4.69, 9.17) is 9.47 Å². The third-order valence-electron chi connectivity index (χ3n) is 2.58. The SMILES string of the molecule is C=C/C=C(\C=C/CP)C(/C(=C)OCC)=C(/C=C(C)C)OCC. The molecule has 0 amide bonds. The van der Waals surface area contributed by atoms with Crippen LogP contribution in [-0.2, 0) is 9.47 Å². The van der Waals surface area contributed by atoms with Gasteiger partial charge in [0, 0.05) is 0 Å². The standard InChI is InChI=1S/C19H29O2P/c1-7-11-17(12-10-13-22)19(16(6)20-8-2)18(21-9-3)14-15(4)5/h7,10-12,14H,1,6,8-9,13,22H2,2-5H3/b12-10-,17-11+,19-18-. The van der Waals surface area contributed by atoms with Gasteiger partial charge in [0.1, 0.15) is 11.5 Å². The summed E-state index contributed by atoms with van der Waals surface area (Å²) in [6.07, 6.45) is 10.7. The molecule has 0 radical (unpaired) electrons. The van der Waals surface area contributed by atoms with Gasteiger partial charge >= 0.3 is 0 Å². The lowest BCUT2D eigenvalue weighted by Crippen LogP contribution is -2.04. The molecule has 0 rings (SSSR count). The third-order valence-corrected chi connectivity index (χ3v) is 2.86. The molecule has 0 aliphatic heterocycles. The van der Waals surface area contributed by atoms with Gasteiger partial charge in [0.15, 0.2) is 0 Å². The molecule has 2 nitrogen and oxygen atoms in total. The topological polar surface area (TPSA) is 18.5 Å². The van der Waals surface area contributed by atoms with E-state index in [2.05, 4.69) is 28.5 Å². The minimum atomic E-state index is 0.561. The van der Waals surface area contributed by atoms with Crippen LogP contribution in [0.15, 0.2) is 71.8 Å². The summed E-state index contributed by atoms with van der Waals surface area (Å²) in [5.74, 6) is 1.37. The van der Waals surface area contributed by atoms with Crippen LogP contribution in [-0.4, -0.2) is 19.4 Å². The number of rotatable bonds is 10. The molecule has 0 aromatic rings. The van der Waals surface area contributed by atoms with Crippen molar-refractivity contribution >= 4 is 9.24 Å². The predicted octanol–water partition coefficient (Wildman–Crippen LogP) is 5.34. The van der Waals surface area contributed by atoms with E-state index >= 15 is 0 Å². The Morgan fingerprint density at radius 2 is 1.77 bits per heavy atom. The van der Waals surface area contributed by atoms with Crippen molar-refractivity contribution in [3.63, 3.8) is 0 Å². The Morgan fingerprint density at radius 3 is 2.23 bits per heavy atom. The molecule has 0 saturated carbocycles. The summed E-state index contributed by atoms with van der Waals surface area (Å²) in [6, 6.07) is 0. The molecule has 0 spiro atoms. The van der Waals surface area contributed by atoms with E-state index in [0.717, 1.165) is 28.6 Å². The second-order valence-corrected chi connectivity index (χ2v) is 5.22. The van der Waals surface area contributed by atoms with Crippen molar-refractivity contribution in [1.82, 2.24) is 0 Å². The monoisotopic (exact) mass is 320 g/mol. The van der Waals surface area contributed by atoms with Crippen LogP contribution in [0, 0.1) is 0 Å². The summed E-state index contributed by atoms with van der Waals surface area (Å²) < 4.78 is 11.5. The van der Waals surface area contributed by atoms with Crippen LogP contribution in [0.2, 0.25) is 0 Å². The highest BCUT2D eigenvalue weighted by Crippen LogP contribution is 2.27. The molecule has 0 aromatic carbocycles. The van der Waals surface area contributed by atoms with Gasteiger partial charge in [-0.1, -0.05) is 43.0 Å². The average Bonchev–Trinajstić information content (AvgIpc) is 2.45. The maximum Gasteiger partial charge on any atom is 0.130 e. The fraction of sp³-hybridized carbons (Fsp3) is 0.368. The summed E-state index contributed by atoms with van der Waals surface area (Å²) in [6.45, 7) is 17.0. The molecule has 0 saturated heterocycles. The highest BCUT2D eigenvalue weighted by Gasteiger charge is 2.15. The largest absolute Gasteiger partial charge is 0.494 e. The molecule has 0 heterocycles. The van der Waals surface area contributed by atoms with Crippen molar-refractivity contribution in [2.24, 2.45) is 0 Å². The quantitative estimate of drug-likeness (QED) is 0.307. The molecule has 3 heteroatoms. The second kappa shape index (κ2) is 12.1. The number of ether oxygens (including phenoxy) is 2. The van der Waals surface area contributed by atoms with Crippen molar-refractivity contribution in [1.29, 1.82) is 0 Å². The van der Waals surface area contributed by atoms with Crippen LogP contribution in [0.4, 0.5) is 0 Å². The zero-order chi connectivity index (χ0) is 17.0. The van der Waals surface area contributed by atoms with Crippen molar-refractivity contribution in [2.75, 3.05) is 19.4 Å². The van der Waals surface area contributed by atoms with Crippen molar-refractivity contribution < 1.29 is 9.47 Å². The first-order valence-corrected chi connectivity index (χ1v) is 8.37. The predicted molar refractivity (Wildman–Crippen MR) is 101 cm³/mol. The lowest BCUT2D eigenvalue weighted by Gasteiger charge is -2.17. The Bertz CT molecular complexity index is 490. The Balaban J connectivity index is 6.21.